The largest absolute Gasteiger partial charge is 0.496 e. The minimum atomic E-state index is -1.56. The zero-order chi connectivity index (χ0) is 24.5. The third kappa shape index (κ3) is 4.18. The van der Waals surface area contributed by atoms with Crippen molar-refractivity contribution in [1.29, 1.82) is 0 Å². The molecule has 0 aliphatic heterocycles. The molecular weight excluding hydrogens is 444 g/mol. The summed E-state index contributed by atoms with van der Waals surface area (Å²) in [5.41, 5.74) is 4.03. The summed E-state index contributed by atoms with van der Waals surface area (Å²) in [6.45, 7) is 6.96. The summed E-state index contributed by atoms with van der Waals surface area (Å²) < 4.78 is 7.74. The Hall–Kier alpha value is -3.40. The van der Waals surface area contributed by atoms with Gasteiger partial charge < -0.3 is 15.8 Å². The maximum Gasteiger partial charge on any atom is 0.333 e. The van der Waals surface area contributed by atoms with Crippen molar-refractivity contribution in [2.75, 3.05) is 13.7 Å². The second kappa shape index (κ2) is 9.22. The van der Waals surface area contributed by atoms with Crippen LogP contribution in [0.1, 0.15) is 41.6 Å². The van der Waals surface area contributed by atoms with E-state index >= 15 is 0 Å². The molecule has 0 saturated carbocycles. The van der Waals surface area contributed by atoms with Gasteiger partial charge in [0.25, 0.3) is 11.5 Å². The van der Waals surface area contributed by atoms with Gasteiger partial charge in [0.05, 0.1) is 17.4 Å². The first-order chi connectivity index (χ1) is 15.6. The summed E-state index contributed by atoms with van der Waals surface area (Å²) in [7, 11) is 1.57. The van der Waals surface area contributed by atoms with Crippen LogP contribution in [0.25, 0.3) is 10.2 Å². The maximum absolute atomic E-state index is 13.5. The zero-order valence-electron chi connectivity index (χ0n) is 19.4. The number of primary amides is 1. The fourth-order valence-corrected chi connectivity index (χ4v) is 4.98. The first-order valence-corrected chi connectivity index (χ1v) is 11.4. The predicted octanol–water partition coefficient (Wildman–Crippen LogP) is 1.75. The average Bonchev–Trinajstić information content (AvgIpc) is 3.11. The number of methoxy groups -OCH3 is 1. The fourth-order valence-electron chi connectivity index (χ4n) is 3.75. The number of rotatable bonds is 8. The van der Waals surface area contributed by atoms with E-state index in [2.05, 4.69) is 5.32 Å². The highest BCUT2D eigenvalue weighted by molar-refractivity contribution is 7.20. The number of nitrogens with one attached hydrogen (secondary N) is 1. The number of hydrogen-bond donors (Lipinski definition) is 2. The molecule has 0 bridgehead atoms. The smallest absolute Gasteiger partial charge is 0.333 e. The Balaban J connectivity index is 2.31. The Kier molecular flexibility index (Phi) is 6.78. The minimum absolute atomic E-state index is 0.208. The highest BCUT2D eigenvalue weighted by Gasteiger charge is 2.34. The predicted molar refractivity (Wildman–Crippen MR) is 128 cm³/mol. The van der Waals surface area contributed by atoms with E-state index in [0.717, 1.165) is 21.5 Å². The first-order valence-electron chi connectivity index (χ1n) is 10.6. The second-order valence-corrected chi connectivity index (χ2v) is 9.15. The number of hydrogen-bond acceptors (Lipinski definition) is 6. The van der Waals surface area contributed by atoms with Gasteiger partial charge in [0.15, 0.2) is 0 Å². The van der Waals surface area contributed by atoms with E-state index in [1.807, 2.05) is 24.3 Å². The SMILES string of the molecule is CCNC(=O)c1sc2c(c1C)c(=O)n(C(C)(C)C(N)=O)c(=O)n2CCc1ccccc1OC. The third-order valence-electron chi connectivity index (χ3n) is 5.72. The highest BCUT2D eigenvalue weighted by atomic mass is 32.1. The summed E-state index contributed by atoms with van der Waals surface area (Å²) in [6.07, 6.45) is 0.432. The number of carbonyl (C=O) groups is 2. The summed E-state index contributed by atoms with van der Waals surface area (Å²) >= 11 is 1.09. The van der Waals surface area contributed by atoms with Crippen LogP contribution in [0.5, 0.6) is 5.75 Å². The number of ether oxygens (including phenoxy) is 1. The number of aryl methyl sites for hydroxylation is 3. The number of aromatic nitrogens is 2. The normalized spacial score (nSPS) is 11.5. The second-order valence-electron chi connectivity index (χ2n) is 8.16. The Morgan fingerprint density at radius 3 is 2.48 bits per heavy atom. The quantitative estimate of drug-likeness (QED) is 0.517. The van der Waals surface area contributed by atoms with E-state index < -0.39 is 22.7 Å². The third-order valence-corrected chi connectivity index (χ3v) is 7.03. The van der Waals surface area contributed by atoms with Gasteiger partial charge >= 0.3 is 5.69 Å². The molecule has 176 valence electrons. The van der Waals surface area contributed by atoms with E-state index in [-0.39, 0.29) is 17.8 Å². The molecular formula is C23H28N4O5S. The molecule has 3 aromatic rings. The van der Waals surface area contributed by atoms with Gasteiger partial charge in [0.1, 0.15) is 16.1 Å². The maximum atomic E-state index is 13.5. The molecule has 0 saturated heterocycles. The van der Waals surface area contributed by atoms with Gasteiger partial charge in [0, 0.05) is 13.1 Å². The molecule has 2 aromatic heterocycles. The number of fused-ring (bicyclic) bond motifs is 1. The molecule has 0 fully saturated rings. The number of nitrogens with two attached hydrogens (primary N) is 1. The van der Waals surface area contributed by atoms with E-state index in [9.17, 15) is 19.2 Å². The molecule has 0 aliphatic rings. The molecule has 1 aromatic carbocycles. The molecule has 0 radical (unpaired) electrons. The fraction of sp³-hybridized carbons (Fsp3) is 0.391. The number of para-hydroxylation sites is 1. The average molecular weight is 473 g/mol. The lowest BCUT2D eigenvalue weighted by Gasteiger charge is -2.24. The highest BCUT2D eigenvalue weighted by Crippen LogP contribution is 2.29. The molecule has 0 atom stereocenters. The topological polar surface area (TPSA) is 125 Å². The molecule has 9 nitrogen and oxygen atoms in total. The molecule has 3 N–H and O–H groups in total. The van der Waals surface area contributed by atoms with Crippen LogP contribution in [0.3, 0.4) is 0 Å². The molecule has 33 heavy (non-hydrogen) atoms. The molecule has 2 heterocycles. The number of amides is 2. The lowest BCUT2D eigenvalue weighted by Crippen LogP contribution is -2.54. The lowest BCUT2D eigenvalue weighted by molar-refractivity contribution is -0.125. The van der Waals surface area contributed by atoms with Crippen LogP contribution >= 0.6 is 11.3 Å². The molecule has 0 aliphatic carbocycles. The summed E-state index contributed by atoms with van der Waals surface area (Å²) in [5, 5.41) is 2.97. The van der Waals surface area contributed by atoms with Crippen molar-refractivity contribution in [3.63, 3.8) is 0 Å². The summed E-state index contributed by atoms with van der Waals surface area (Å²) in [4.78, 5) is 52.5. The van der Waals surface area contributed by atoms with Crippen molar-refractivity contribution in [3.05, 3.63) is 61.1 Å². The Bertz CT molecular complexity index is 1350. The Morgan fingerprint density at radius 1 is 1.21 bits per heavy atom. The summed E-state index contributed by atoms with van der Waals surface area (Å²) in [6, 6.07) is 7.44. The van der Waals surface area contributed by atoms with E-state index in [1.165, 1.54) is 18.4 Å². The van der Waals surface area contributed by atoms with Gasteiger partial charge in [-0.05, 0) is 51.3 Å². The van der Waals surface area contributed by atoms with E-state index in [1.54, 1.807) is 21.0 Å². The van der Waals surface area contributed by atoms with Crippen molar-refractivity contribution in [2.45, 2.75) is 46.2 Å². The molecule has 3 rings (SSSR count). The van der Waals surface area contributed by atoms with Crippen molar-refractivity contribution in [1.82, 2.24) is 14.5 Å². The number of thiophene rings is 1. The Labute approximate surface area is 194 Å². The molecule has 0 spiro atoms. The number of benzene rings is 1. The van der Waals surface area contributed by atoms with Crippen LogP contribution in [-0.2, 0) is 23.3 Å². The Morgan fingerprint density at radius 2 is 1.88 bits per heavy atom. The van der Waals surface area contributed by atoms with Crippen molar-refractivity contribution < 1.29 is 14.3 Å². The van der Waals surface area contributed by atoms with Crippen LogP contribution in [0.2, 0.25) is 0 Å². The first kappa shape index (κ1) is 24.2. The standard InChI is InChI=1S/C23H28N4O5S/c1-6-25-18(28)17-13(2)16-19(29)27(23(3,4)21(24)30)22(31)26(20(16)33-17)12-11-14-9-7-8-10-15(14)32-5/h7-10H,6,11-12H2,1-5H3,(H2,24,30)(H,25,28). The van der Waals surface area contributed by atoms with Crippen molar-refractivity contribution in [2.24, 2.45) is 5.73 Å². The molecule has 0 unspecified atom stereocenters. The van der Waals surface area contributed by atoms with Crippen molar-refractivity contribution in [3.8, 4) is 5.75 Å². The van der Waals surface area contributed by atoms with Crippen LogP contribution < -0.4 is 27.0 Å². The van der Waals surface area contributed by atoms with Gasteiger partial charge in [0.2, 0.25) is 5.91 Å². The molecule has 2 amide bonds. The van der Waals surface area contributed by atoms with Crippen LogP contribution in [0, 0.1) is 6.92 Å². The molecule has 10 heteroatoms. The number of nitrogens with zero attached hydrogens (tertiary/aromatic N) is 2. The van der Waals surface area contributed by atoms with Gasteiger partial charge in [-0.3, -0.25) is 19.0 Å². The number of carbonyl (C=O) groups excluding carboxylic acids is 2. The lowest BCUT2D eigenvalue weighted by atomic mass is 10.0. The van der Waals surface area contributed by atoms with Crippen molar-refractivity contribution >= 4 is 33.4 Å². The van der Waals surface area contributed by atoms with E-state index in [4.69, 9.17) is 10.5 Å². The van der Waals surface area contributed by atoms with Gasteiger partial charge in [-0.25, -0.2) is 9.36 Å². The monoisotopic (exact) mass is 472 g/mol. The van der Waals surface area contributed by atoms with Gasteiger partial charge in [-0.2, -0.15) is 0 Å². The van der Waals surface area contributed by atoms with Crippen LogP contribution in [-0.4, -0.2) is 34.6 Å². The summed E-state index contributed by atoms with van der Waals surface area (Å²) in [5.74, 6) is -0.452. The van der Waals surface area contributed by atoms with Crippen LogP contribution in [0.4, 0.5) is 0 Å². The zero-order valence-corrected chi connectivity index (χ0v) is 20.2. The minimum Gasteiger partial charge on any atom is -0.496 e. The van der Waals surface area contributed by atoms with Gasteiger partial charge in [-0.1, -0.05) is 18.2 Å². The van der Waals surface area contributed by atoms with E-state index in [0.29, 0.717) is 34.0 Å². The van der Waals surface area contributed by atoms with Crippen LogP contribution in [0.15, 0.2) is 33.9 Å². The van der Waals surface area contributed by atoms with Gasteiger partial charge in [-0.15, -0.1) is 11.3 Å².